The molecule has 0 bridgehead atoms. The smallest absolute Gasteiger partial charge is 0.162 e. The lowest BCUT2D eigenvalue weighted by Crippen LogP contribution is -1.91. The van der Waals surface area contributed by atoms with Crippen LogP contribution in [-0.2, 0) is 0 Å². The van der Waals surface area contributed by atoms with Crippen LogP contribution in [0.3, 0.4) is 0 Å². The largest absolute Gasteiger partial charge is 0.454 e. The molecule has 0 aliphatic rings. The monoisotopic (exact) mass is 436 g/mol. The Morgan fingerprint density at radius 1 is 0.412 bits per heavy atom. The van der Waals surface area contributed by atoms with E-state index in [9.17, 15) is 0 Å². The molecule has 0 aliphatic heterocycles. The average molecular weight is 436 g/mol. The molecule has 34 heavy (non-hydrogen) atoms. The van der Waals surface area contributed by atoms with Crippen LogP contribution < -0.4 is 0 Å². The van der Waals surface area contributed by atoms with Gasteiger partial charge in [-0.15, -0.1) is 0 Å². The fourth-order valence-electron chi connectivity index (χ4n) is 5.17. The molecule has 0 saturated carbocycles. The van der Waals surface area contributed by atoms with E-state index in [1.807, 2.05) is 60.7 Å². The van der Waals surface area contributed by atoms with Crippen LogP contribution >= 0.6 is 0 Å². The number of pyridine rings is 2. The maximum atomic E-state index is 6.49. The summed E-state index contributed by atoms with van der Waals surface area (Å²) < 4.78 is 13.0. The van der Waals surface area contributed by atoms with Gasteiger partial charge in [0.1, 0.15) is 22.2 Å². The fourth-order valence-corrected chi connectivity index (χ4v) is 5.17. The summed E-state index contributed by atoms with van der Waals surface area (Å²) in [6.45, 7) is 0. The Kier molecular flexibility index (Phi) is 3.36. The first-order valence-electron chi connectivity index (χ1n) is 11.3. The molecule has 158 valence electrons. The van der Waals surface area contributed by atoms with Crippen molar-refractivity contribution < 1.29 is 8.83 Å². The van der Waals surface area contributed by atoms with Crippen LogP contribution in [0.2, 0.25) is 0 Å². The zero-order valence-electron chi connectivity index (χ0n) is 17.9. The van der Waals surface area contributed by atoms with E-state index in [0.717, 1.165) is 77.1 Å². The summed E-state index contributed by atoms with van der Waals surface area (Å²) in [5.74, 6) is 0. The van der Waals surface area contributed by atoms with Crippen molar-refractivity contribution in [1.82, 2.24) is 9.97 Å². The predicted octanol–water partition coefficient (Wildman–Crippen LogP) is 8.25. The Hall–Kier alpha value is -4.70. The van der Waals surface area contributed by atoms with Crippen molar-refractivity contribution >= 4 is 65.9 Å². The van der Waals surface area contributed by atoms with Gasteiger partial charge in [-0.25, -0.2) is 9.97 Å². The number of benzene rings is 4. The molecular weight excluding hydrogens is 420 g/mol. The van der Waals surface area contributed by atoms with Crippen LogP contribution in [0, 0.1) is 0 Å². The molecule has 0 aliphatic carbocycles. The van der Waals surface area contributed by atoms with E-state index < -0.39 is 0 Å². The molecule has 0 saturated heterocycles. The number of hydrogen-bond acceptors (Lipinski definition) is 4. The van der Waals surface area contributed by atoms with Crippen molar-refractivity contribution in [2.45, 2.75) is 0 Å². The van der Waals surface area contributed by atoms with Gasteiger partial charge in [0.25, 0.3) is 0 Å². The number of rotatable bonds is 1. The molecule has 0 spiro atoms. The minimum atomic E-state index is 0.762. The van der Waals surface area contributed by atoms with Crippen molar-refractivity contribution in [3.8, 4) is 11.1 Å². The quantitative estimate of drug-likeness (QED) is 0.260. The van der Waals surface area contributed by atoms with Gasteiger partial charge in [0.05, 0.1) is 11.0 Å². The summed E-state index contributed by atoms with van der Waals surface area (Å²) in [6, 6.07) is 32.6. The Balaban J connectivity index is 1.70. The van der Waals surface area contributed by atoms with Crippen LogP contribution in [0.25, 0.3) is 77.1 Å². The maximum absolute atomic E-state index is 6.49. The molecule has 4 aromatic heterocycles. The lowest BCUT2D eigenvalue weighted by molar-refractivity contribution is 0.665. The van der Waals surface area contributed by atoms with Gasteiger partial charge in [0.2, 0.25) is 0 Å². The lowest BCUT2D eigenvalue weighted by atomic mass is 9.95. The Morgan fingerprint density at radius 3 is 1.26 bits per heavy atom. The van der Waals surface area contributed by atoms with Gasteiger partial charge in [-0.1, -0.05) is 60.7 Å². The van der Waals surface area contributed by atoms with Gasteiger partial charge < -0.3 is 8.83 Å². The summed E-state index contributed by atoms with van der Waals surface area (Å²) in [4.78, 5) is 10.0. The van der Waals surface area contributed by atoms with Crippen molar-refractivity contribution in [2.75, 3.05) is 0 Å². The van der Waals surface area contributed by atoms with Gasteiger partial charge in [0, 0.05) is 32.7 Å². The molecule has 0 N–H and O–H groups in total. The first-order chi connectivity index (χ1) is 16.9. The molecule has 4 nitrogen and oxygen atoms in total. The highest BCUT2D eigenvalue weighted by Crippen LogP contribution is 2.46. The normalized spacial score (nSPS) is 12.1. The van der Waals surface area contributed by atoms with E-state index >= 15 is 0 Å². The van der Waals surface area contributed by atoms with Gasteiger partial charge in [0.15, 0.2) is 11.2 Å². The topological polar surface area (TPSA) is 52.1 Å². The molecule has 0 amide bonds. The SMILES string of the molecule is c1ccc2c(-c3c4ccccc4nc4c3oc3ccccc34)c3oc4ccccc4c3nc2c1. The Morgan fingerprint density at radius 2 is 0.794 bits per heavy atom. The number of furan rings is 2. The van der Waals surface area contributed by atoms with Gasteiger partial charge in [-0.05, 0) is 36.4 Å². The Bertz CT molecular complexity index is 1930. The maximum Gasteiger partial charge on any atom is 0.162 e. The van der Waals surface area contributed by atoms with Crippen LogP contribution in [-0.4, -0.2) is 9.97 Å². The van der Waals surface area contributed by atoms with Crippen molar-refractivity contribution in [3.63, 3.8) is 0 Å². The van der Waals surface area contributed by atoms with Gasteiger partial charge >= 0.3 is 0 Å². The van der Waals surface area contributed by atoms with Crippen LogP contribution in [0.1, 0.15) is 0 Å². The van der Waals surface area contributed by atoms with Gasteiger partial charge in [-0.2, -0.15) is 0 Å². The van der Waals surface area contributed by atoms with Crippen molar-refractivity contribution in [3.05, 3.63) is 97.1 Å². The summed E-state index contributed by atoms with van der Waals surface area (Å²) in [7, 11) is 0. The Labute approximate surface area is 193 Å². The van der Waals surface area contributed by atoms with Crippen LogP contribution in [0.15, 0.2) is 106 Å². The number of hydrogen-bond donors (Lipinski definition) is 0. The zero-order valence-corrected chi connectivity index (χ0v) is 17.9. The molecule has 4 heteroatoms. The van der Waals surface area contributed by atoms with Gasteiger partial charge in [-0.3, -0.25) is 0 Å². The molecular formula is C30H16N2O2. The highest BCUT2D eigenvalue weighted by atomic mass is 16.3. The van der Waals surface area contributed by atoms with Crippen LogP contribution in [0.4, 0.5) is 0 Å². The number of para-hydroxylation sites is 4. The number of aromatic nitrogens is 2. The van der Waals surface area contributed by atoms with E-state index in [2.05, 4.69) is 36.4 Å². The second-order valence-corrected chi connectivity index (χ2v) is 8.56. The number of nitrogens with zero attached hydrogens (tertiary/aromatic N) is 2. The van der Waals surface area contributed by atoms with E-state index in [1.165, 1.54) is 0 Å². The second kappa shape index (κ2) is 6.42. The minimum Gasteiger partial charge on any atom is -0.454 e. The minimum absolute atomic E-state index is 0.762. The van der Waals surface area contributed by atoms with E-state index in [1.54, 1.807) is 0 Å². The summed E-state index contributed by atoms with van der Waals surface area (Å²) in [5, 5.41) is 4.05. The first-order valence-corrected chi connectivity index (χ1v) is 11.3. The third-order valence-corrected chi connectivity index (χ3v) is 6.65. The molecule has 8 aromatic rings. The third kappa shape index (κ3) is 2.27. The zero-order chi connectivity index (χ0) is 22.2. The van der Waals surface area contributed by atoms with Crippen molar-refractivity contribution in [1.29, 1.82) is 0 Å². The molecule has 0 radical (unpaired) electrons. The first kappa shape index (κ1) is 17.8. The fraction of sp³-hybridized carbons (Fsp3) is 0. The lowest BCUT2D eigenvalue weighted by Gasteiger charge is -2.11. The average Bonchev–Trinajstić information content (AvgIpc) is 3.44. The summed E-state index contributed by atoms with van der Waals surface area (Å²) in [5.41, 5.74) is 8.68. The summed E-state index contributed by atoms with van der Waals surface area (Å²) in [6.07, 6.45) is 0. The highest BCUT2D eigenvalue weighted by molar-refractivity contribution is 6.23. The summed E-state index contributed by atoms with van der Waals surface area (Å²) >= 11 is 0. The molecule has 0 unspecified atom stereocenters. The predicted molar refractivity (Wildman–Crippen MR) is 137 cm³/mol. The second-order valence-electron chi connectivity index (χ2n) is 8.56. The van der Waals surface area contributed by atoms with Crippen molar-refractivity contribution in [2.24, 2.45) is 0 Å². The molecule has 4 heterocycles. The molecule has 0 fully saturated rings. The molecule has 0 atom stereocenters. The van der Waals surface area contributed by atoms with E-state index in [4.69, 9.17) is 18.8 Å². The van der Waals surface area contributed by atoms with Crippen LogP contribution in [0.5, 0.6) is 0 Å². The standard InChI is InChI=1S/C30H16N2O2/c1-5-13-21-17(9-1)25(29-27(31-21)19-11-3-7-15-23(19)33-29)26-18-10-2-6-14-22(18)32-28-20-12-4-8-16-24(20)34-30(26)28/h1-16H. The molecule has 4 aromatic carbocycles. The van der Waals surface area contributed by atoms with E-state index in [-0.39, 0.29) is 0 Å². The number of fused-ring (bicyclic) bond motifs is 8. The molecule has 8 rings (SSSR count). The van der Waals surface area contributed by atoms with E-state index in [0.29, 0.717) is 0 Å². The third-order valence-electron chi connectivity index (χ3n) is 6.65. The highest BCUT2D eigenvalue weighted by Gasteiger charge is 2.24.